The molecular weight excluding hydrogens is 437 g/mol. The van der Waals surface area contributed by atoms with Gasteiger partial charge in [-0.25, -0.2) is 9.37 Å². The molecule has 1 amide bonds. The molecule has 3 aromatic rings. The number of rotatable bonds is 6. The third-order valence-corrected chi connectivity index (χ3v) is 5.55. The van der Waals surface area contributed by atoms with Gasteiger partial charge in [-0.1, -0.05) is 42.3 Å². The SMILES string of the molecule is C#Cc1cc(F)ccc1CNC(=O)c1nc2n(c(=O)c1OCc1ccccc1)CCOC2(C)C. The Kier molecular flexibility index (Phi) is 6.48. The number of hydrogen-bond donors (Lipinski definition) is 1. The van der Waals surface area contributed by atoms with E-state index in [0.717, 1.165) is 5.56 Å². The van der Waals surface area contributed by atoms with Crippen molar-refractivity contribution in [2.75, 3.05) is 6.61 Å². The molecule has 4 rings (SSSR count). The molecule has 0 bridgehead atoms. The molecule has 1 aromatic heterocycles. The van der Waals surface area contributed by atoms with E-state index in [9.17, 15) is 14.0 Å². The molecule has 1 aliphatic heterocycles. The van der Waals surface area contributed by atoms with E-state index in [1.807, 2.05) is 30.3 Å². The van der Waals surface area contributed by atoms with Gasteiger partial charge in [0.25, 0.3) is 11.5 Å². The summed E-state index contributed by atoms with van der Waals surface area (Å²) >= 11 is 0. The fraction of sp³-hybridized carbons (Fsp3) is 0.269. The Labute approximate surface area is 196 Å². The van der Waals surface area contributed by atoms with Crippen LogP contribution in [0.25, 0.3) is 0 Å². The second kappa shape index (κ2) is 9.49. The van der Waals surface area contributed by atoms with Gasteiger partial charge in [-0.3, -0.25) is 14.2 Å². The predicted molar refractivity (Wildman–Crippen MR) is 124 cm³/mol. The number of ether oxygens (including phenoxy) is 2. The highest BCUT2D eigenvalue weighted by Gasteiger charge is 2.35. The summed E-state index contributed by atoms with van der Waals surface area (Å²) in [7, 11) is 0. The Morgan fingerprint density at radius 1 is 1.29 bits per heavy atom. The summed E-state index contributed by atoms with van der Waals surface area (Å²) in [5.41, 5.74) is 0.266. The fourth-order valence-electron chi connectivity index (χ4n) is 3.77. The van der Waals surface area contributed by atoms with Gasteiger partial charge in [0.1, 0.15) is 23.8 Å². The van der Waals surface area contributed by atoms with Crippen molar-refractivity contribution < 1.29 is 18.7 Å². The third kappa shape index (κ3) is 4.70. The minimum absolute atomic E-state index is 0.0246. The average Bonchev–Trinajstić information content (AvgIpc) is 2.83. The molecule has 0 spiro atoms. The Hall–Kier alpha value is -3.96. The molecule has 1 N–H and O–H groups in total. The summed E-state index contributed by atoms with van der Waals surface area (Å²) in [6, 6.07) is 13.3. The number of aromatic nitrogens is 2. The van der Waals surface area contributed by atoms with Crippen molar-refractivity contribution in [3.05, 3.63) is 92.9 Å². The van der Waals surface area contributed by atoms with Gasteiger partial charge in [-0.2, -0.15) is 0 Å². The van der Waals surface area contributed by atoms with Crippen LogP contribution >= 0.6 is 0 Å². The van der Waals surface area contributed by atoms with E-state index in [2.05, 4.69) is 16.2 Å². The molecule has 174 valence electrons. The van der Waals surface area contributed by atoms with E-state index in [0.29, 0.717) is 30.1 Å². The van der Waals surface area contributed by atoms with Gasteiger partial charge in [0.05, 0.1) is 13.2 Å². The lowest BCUT2D eigenvalue weighted by atomic mass is 10.1. The van der Waals surface area contributed by atoms with Crippen LogP contribution in [-0.4, -0.2) is 22.1 Å². The van der Waals surface area contributed by atoms with Crippen molar-refractivity contribution in [2.24, 2.45) is 0 Å². The molecule has 1 aliphatic rings. The molecule has 2 aromatic carbocycles. The number of nitrogens with one attached hydrogen (secondary N) is 1. The average molecular weight is 461 g/mol. The molecule has 8 heteroatoms. The number of carbonyl (C=O) groups excluding carboxylic acids is 1. The number of nitrogens with zero attached hydrogens (tertiary/aromatic N) is 2. The summed E-state index contributed by atoms with van der Waals surface area (Å²) < 4.78 is 26.6. The summed E-state index contributed by atoms with van der Waals surface area (Å²) in [5.74, 6) is 1.53. The van der Waals surface area contributed by atoms with Crippen LogP contribution < -0.4 is 15.6 Å². The quantitative estimate of drug-likeness (QED) is 0.571. The van der Waals surface area contributed by atoms with Crippen LogP contribution in [0, 0.1) is 18.2 Å². The first-order valence-corrected chi connectivity index (χ1v) is 10.8. The Morgan fingerprint density at radius 2 is 2.06 bits per heavy atom. The van der Waals surface area contributed by atoms with Gasteiger partial charge in [0.15, 0.2) is 5.69 Å². The highest BCUT2D eigenvalue weighted by atomic mass is 19.1. The molecule has 0 aliphatic carbocycles. The number of fused-ring (bicyclic) bond motifs is 1. The molecule has 0 unspecified atom stereocenters. The molecule has 34 heavy (non-hydrogen) atoms. The molecule has 0 atom stereocenters. The zero-order valence-corrected chi connectivity index (χ0v) is 18.9. The summed E-state index contributed by atoms with van der Waals surface area (Å²) in [4.78, 5) is 31.1. The van der Waals surface area contributed by atoms with Crippen molar-refractivity contribution in [1.82, 2.24) is 14.9 Å². The number of carbonyl (C=O) groups is 1. The Bertz CT molecular complexity index is 1330. The maximum absolute atomic E-state index is 13.5. The normalized spacial score (nSPS) is 14.1. The number of halogens is 1. The van der Waals surface area contributed by atoms with Gasteiger partial charge in [-0.15, -0.1) is 6.42 Å². The standard InChI is InChI=1S/C26H24FN3O4/c1-4-18-14-20(27)11-10-19(18)15-28-23(31)21-22(33-16-17-8-6-5-7-9-17)24(32)30-12-13-34-26(2,3)25(30)29-21/h1,5-11,14H,12-13,15-16H2,2-3H3,(H,28,31). The van der Waals surface area contributed by atoms with E-state index in [-0.39, 0.29) is 24.6 Å². The summed E-state index contributed by atoms with van der Waals surface area (Å²) in [6.45, 7) is 4.33. The van der Waals surface area contributed by atoms with Crippen molar-refractivity contribution >= 4 is 5.91 Å². The zero-order valence-electron chi connectivity index (χ0n) is 18.9. The van der Waals surface area contributed by atoms with E-state index in [1.54, 1.807) is 13.8 Å². The number of terminal acetylenes is 1. The van der Waals surface area contributed by atoms with Crippen molar-refractivity contribution in [3.63, 3.8) is 0 Å². The summed E-state index contributed by atoms with van der Waals surface area (Å²) in [5, 5.41) is 2.72. The highest BCUT2D eigenvalue weighted by Crippen LogP contribution is 2.28. The number of hydrogen-bond acceptors (Lipinski definition) is 5. The lowest BCUT2D eigenvalue weighted by molar-refractivity contribution is -0.0567. The first kappa shape index (κ1) is 23.2. The van der Waals surface area contributed by atoms with Crippen molar-refractivity contribution in [1.29, 1.82) is 0 Å². The van der Waals surface area contributed by atoms with Crippen LogP contribution in [0.5, 0.6) is 5.75 Å². The fourth-order valence-corrected chi connectivity index (χ4v) is 3.77. The van der Waals surface area contributed by atoms with E-state index < -0.39 is 22.9 Å². The van der Waals surface area contributed by atoms with Gasteiger partial charge in [0.2, 0.25) is 5.75 Å². The van der Waals surface area contributed by atoms with Gasteiger partial charge >= 0.3 is 0 Å². The van der Waals surface area contributed by atoms with Crippen LogP contribution in [-0.2, 0) is 30.0 Å². The van der Waals surface area contributed by atoms with E-state index in [1.165, 1.54) is 22.8 Å². The molecular formula is C26H24FN3O4. The lowest BCUT2D eigenvalue weighted by Gasteiger charge is -2.32. The maximum Gasteiger partial charge on any atom is 0.296 e. The molecule has 0 saturated heterocycles. The van der Waals surface area contributed by atoms with Crippen LogP contribution in [0.15, 0.2) is 53.3 Å². The molecule has 0 fully saturated rings. The highest BCUT2D eigenvalue weighted by molar-refractivity contribution is 5.94. The smallest absolute Gasteiger partial charge is 0.296 e. The minimum atomic E-state index is -0.863. The monoisotopic (exact) mass is 461 g/mol. The zero-order chi connectivity index (χ0) is 24.3. The first-order chi connectivity index (χ1) is 16.3. The van der Waals surface area contributed by atoms with E-state index in [4.69, 9.17) is 15.9 Å². The largest absolute Gasteiger partial charge is 0.481 e. The second-order valence-corrected chi connectivity index (χ2v) is 8.33. The van der Waals surface area contributed by atoms with Crippen molar-refractivity contribution in [3.8, 4) is 18.1 Å². The van der Waals surface area contributed by atoms with Gasteiger partial charge in [-0.05, 0) is 37.1 Å². The first-order valence-electron chi connectivity index (χ1n) is 10.8. The topological polar surface area (TPSA) is 82.5 Å². The van der Waals surface area contributed by atoms with E-state index >= 15 is 0 Å². The predicted octanol–water partition coefficient (Wildman–Crippen LogP) is 3.14. The third-order valence-electron chi connectivity index (χ3n) is 5.55. The minimum Gasteiger partial charge on any atom is -0.481 e. The van der Waals surface area contributed by atoms with Crippen LogP contribution in [0.3, 0.4) is 0 Å². The maximum atomic E-state index is 13.5. The molecule has 0 saturated carbocycles. The second-order valence-electron chi connectivity index (χ2n) is 8.33. The molecule has 0 radical (unpaired) electrons. The molecule has 7 nitrogen and oxygen atoms in total. The number of amides is 1. The summed E-state index contributed by atoms with van der Waals surface area (Å²) in [6.07, 6.45) is 5.46. The Balaban J connectivity index is 1.69. The Morgan fingerprint density at radius 3 is 2.79 bits per heavy atom. The molecule has 2 heterocycles. The lowest BCUT2D eigenvalue weighted by Crippen LogP contribution is -2.43. The number of benzene rings is 2. The van der Waals surface area contributed by atoms with Crippen LogP contribution in [0.2, 0.25) is 0 Å². The van der Waals surface area contributed by atoms with Gasteiger partial charge < -0.3 is 14.8 Å². The van der Waals surface area contributed by atoms with Gasteiger partial charge in [0, 0.05) is 12.1 Å². The van der Waals surface area contributed by atoms with Crippen LogP contribution in [0.1, 0.15) is 46.9 Å². The van der Waals surface area contributed by atoms with Crippen molar-refractivity contribution in [2.45, 2.75) is 39.1 Å². The van der Waals surface area contributed by atoms with Crippen LogP contribution in [0.4, 0.5) is 4.39 Å².